The lowest BCUT2D eigenvalue weighted by atomic mass is 10.1. The van der Waals surface area contributed by atoms with Crippen LogP contribution in [0.1, 0.15) is 25.8 Å². The Kier molecular flexibility index (Phi) is 4.65. The maximum absolute atomic E-state index is 13.6. The minimum atomic E-state index is -0.753. The third kappa shape index (κ3) is 3.93. The summed E-state index contributed by atoms with van der Waals surface area (Å²) in [5, 5.41) is 10.6. The number of rotatable bonds is 3. The fourth-order valence-corrected chi connectivity index (χ4v) is 3.41. The molecule has 0 amide bonds. The molecule has 1 aromatic rings. The molecule has 1 heterocycles. The van der Waals surface area contributed by atoms with Crippen LogP contribution in [0, 0.1) is 15.9 Å². The van der Waals surface area contributed by atoms with E-state index >= 15 is 0 Å². The molecule has 1 fully saturated rings. The maximum Gasteiger partial charge on any atom is 0.304 e. The molecule has 4 nitrogen and oxygen atoms in total. The Bertz CT molecular complexity index is 508. The first-order valence-electron chi connectivity index (χ1n) is 6.66. The third-order valence-corrected chi connectivity index (χ3v) is 4.92. The zero-order chi connectivity index (χ0) is 14.8. The molecule has 0 saturated carbocycles. The Morgan fingerprint density at radius 2 is 2.20 bits per heavy atom. The van der Waals surface area contributed by atoms with Gasteiger partial charge in [0, 0.05) is 29.7 Å². The second-order valence-electron chi connectivity index (χ2n) is 5.68. The Labute approximate surface area is 122 Å². The van der Waals surface area contributed by atoms with Crippen molar-refractivity contribution in [3.63, 3.8) is 0 Å². The number of nitro benzene ring substituents is 1. The van der Waals surface area contributed by atoms with Crippen LogP contribution >= 0.6 is 11.8 Å². The summed E-state index contributed by atoms with van der Waals surface area (Å²) in [6.07, 6.45) is 1.09. The van der Waals surface area contributed by atoms with Gasteiger partial charge in [-0.1, -0.05) is 19.9 Å². The highest BCUT2D eigenvalue weighted by Crippen LogP contribution is 2.31. The average Bonchev–Trinajstić information content (AvgIpc) is 2.51. The Morgan fingerprint density at radius 3 is 2.85 bits per heavy atom. The lowest BCUT2D eigenvalue weighted by Gasteiger charge is -2.22. The number of thioether (sulfide) groups is 1. The summed E-state index contributed by atoms with van der Waals surface area (Å²) in [7, 11) is 0. The van der Waals surface area contributed by atoms with E-state index in [1.165, 1.54) is 12.1 Å². The molecule has 0 aromatic heterocycles. The van der Waals surface area contributed by atoms with Crippen molar-refractivity contribution in [3.05, 3.63) is 39.7 Å². The van der Waals surface area contributed by atoms with Crippen LogP contribution in [0.4, 0.5) is 10.1 Å². The monoisotopic (exact) mass is 298 g/mol. The maximum atomic E-state index is 13.6. The zero-order valence-corrected chi connectivity index (χ0v) is 12.6. The molecule has 20 heavy (non-hydrogen) atoms. The van der Waals surface area contributed by atoms with E-state index in [-0.39, 0.29) is 4.75 Å². The first kappa shape index (κ1) is 15.3. The Balaban J connectivity index is 2.03. The Hall–Kier alpha value is -1.14. The van der Waals surface area contributed by atoms with E-state index in [0.717, 1.165) is 30.8 Å². The molecule has 1 aromatic carbocycles. The number of benzene rings is 1. The molecule has 0 atom stereocenters. The van der Waals surface area contributed by atoms with Crippen LogP contribution in [0.3, 0.4) is 0 Å². The fourth-order valence-electron chi connectivity index (χ4n) is 2.28. The van der Waals surface area contributed by atoms with Crippen molar-refractivity contribution in [1.82, 2.24) is 4.90 Å². The molecule has 0 bridgehead atoms. The van der Waals surface area contributed by atoms with Crippen LogP contribution in [-0.4, -0.2) is 33.4 Å². The van der Waals surface area contributed by atoms with Gasteiger partial charge in [-0.05, 0) is 24.6 Å². The van der Waals surface area contributed by atoms with Gasteiger partial charge in [0.1, 0.15) is 0 Å². The van der Waals surface area contributed by atoms with Crippen molar-refractivity contribution in [2.75, 3.05) is 18.8 Å². The summed E-state index contributed by atoms with van der Waals surface area (Å²) >= 11 is 1.96. The average molecular weight is 298 g/mol. The molecular weight excluding hydrogens is 279 g/mol. The summed E-state index contributed by atoms with van der Waals surface area (Å²) < 4.78 is 13.9. The number of nitro groups is 1. The van der Waals surface area contributed by atoms with Gasteiger partial charge in [-0.2, -0.15) is 16.2 Å². The van der Waals surface area contributed by atoms with Gasteiger partial charge < -0.3 is 0 Å². The van der Waals surface area contributed by atoms with Crippen molar-refractivity contribution >= 4 is 17.4 Å². The highest BCUT2D eigenvalue weighted by molar-refractivity contribution is 8.00. The van der Waals surface area contributed by atoms with Crippen molar-refractivity contribution in [3.8, 4) is 0 Å². The predicted octanol–water partition coefficient (Wildman–Crippen LogP) is 3.45. The van der Waals surface area contributed by atoms with E-state index < -0.39 is 16.4 Å². The second kappa shape index (κ2) is 6.10. The molecule has 2 rings (SSSR count). The van der Waals surface area contributed by atoms with E-state index in [9.17, 15) is 14.5 Å². The predicted molar refractivity (Wildman–Crippen MR) is 79.5 cm³/mol. The van der Waals surface area contributed by atoms with Crippen LogP contribution in [0.25, 0.3) is 0 Å². The van der Waals surface area contributed by atoms with Crippen molar-refractivity contribution < 1.29 is 9.31 Å². The highest BCUT2D eigenvalue weighted by atomic mass is 32.2. The van der Waals surface area contributed by atoms with E-state index in [2.05, 4.69) is 18.7 Å². The van der Waals surface area contributed by atoms with Gasteiger partial charge in [-0.25, -0.2) is 0 Å². The molecule has 6 heteroatoms. The van der Waals surface area contributed by atoms with Gasteiger partial charge in [0.15, 0.2) is 0 Å². The molecule has 1 aliphatic rings. The molecule has 0 aliphatic carbocycles. The zero-order valence-electron chi connectivity index (χ0n) is 11.8. The van der Waals surface area contributed by atoms with Crippen LogP contribution in [0.5, 0.6) is 0 Å². The quantitative estimate of drug-likeness (QED) is 0.633. The molecule has 110 valence electrons. The molecule has 1 aliphatic heterocycles. The topological polar surface area (TPSA) is 46.4 Å². The van der Waals surface area contributed by atoms with E-state index in [0.29, 0.717) is 6.54 Å². The van der Waals surface area contributed by atoms with E-state index in [4.69, 9.17) is 0 Å². The summed E-state index contributed by atoms with van der Waals surface area (Å²) in [6.45, 7) is 7.07. The van der Waals surface area contributed by atoms with Crippen molar-refractivity contribution in [1.29, 1.82) is 0 Å². The summed E-state index contributed by atoms with van der Waals surface area (Å²) in [6, 6.07) is 4.17. The SMILES string of the molecule is CC1(C)CCN(Cc2ccc([N+](=O)[O-])c(F)c2)CCS1. The Morgan fingerprint density at radius 1 is 1.45 bits per heavy atom. The van der Waals surface area contributed by atoms with Crippen LogP contribution < -0.4 is 0 Å². The largest absolute Gasteiger partial charge is 0.304 e. The standard InChI is InChI=1S/C14H19FN2O2S/c1-14(2)5-6-16(7-8-20-14)10-11-3-4-13(17(18)19)12(15)9-11/h3-4,9H,5-8,10H2,1-2H3. The molecule has 1 saturated heterocycles. The first-order chi connectivity index (χ1) is 9.37. The highest BCUT2D eigenvalue weighted by Gasteiger charge is 2.24. The summed E-state index contributed by atoms with van der Waals surface area (Å²) in [5.74, 6) is 0.305. The molecule has 0 spiro atoms. The van der Waals surface area contributed by atoms with Gasteiger partial charge in [0.2, 0.25) is 5.82 Å². The molecule has 0 unspecified atom stereocenters. The lowest BCUT2D eigenvalue weighted by Crippen LogP contribution is -2.26. The number of hydrogen-bond acceptors (Lipinski definition) is 4. The summed E-state index contributed by atoms with van der Waals surface area (Å²) in [5.41, 5.74) is 0.333. The minimum Gasteiger partial charge on any atom is -0.298 e. The fraction of sp³-hybridized carbons (Fsp3) is 0.571. The van der Waals surface area contributed by atoms with Gasteiger partial charge in [-0.15, -0.1) is 0 Å². The second-order valence-corrected chi connectivity index (χ2v) is 7.48. The van der Waals surface area contributed by atoms with Crippen molar-refractivity contribution in [2.24, 2.45) is 0 Å². The summed E-state index contributed by atoms with van der Waals surface area (Å²) in [4.78, 5) is 12.2. The first-order valence-corrected chi connectivity index (χ1v) is 7.65. The third-order valence-electron chi connectivity index (χ3n) is 3.55. The minimum absolute atomic E-state index is 0.287. The van der Waals surface area contributed by atoms with E-state index in [1.54, 1.807) is 6.07 Å². The van der Waals surface area contributed by atoms with E-state index in [1.807, 2.05) is 11.8 Å². The number of nitrogens with zero attached hydrogens (tertiary/aromatic N) is 2. The number of halogens is 1. The van der Waals surface area contributed by atoms with Crippen LogP contribution in [-0.2, 0) is 6.54 Å². The normalized spacial score (nSPS) is 19.6. The van der Waals surface area contributed by atoms with Gasteiger partial charge in [0.05, 0.1) is 4.92 Å². The molecular formula is C14H19FN2O2S. The van der Waals surface area contributed by atoms with Gasteiger partial charge in [0.25, 0.3) is 0 Å². The number of hydrogen-bond donors (Lipinski definition) is 0. The van der Waals surface area contributed by atoms with Gasteiger partial charge >= 0.3 is 5.69 Å². The smallest absolute Gasteiger partial charge is 0.298 e. The lowest BCUT2D eigenvalue weighted by molar-refractivity contribution is -0.387. The molecule has 0 radical (unpaired) electrons. The van der Waals surface area contributed by atoms with Crippen LogP contribution in [0.2, 0.25) is 0 Å². The van der Waals surface area contributed by atoms with Gasteiger partial charge in [-0.3, -0.25) is 15.0 Å². The van der Waals surface area contributed by atoms with Crippen molar-refractivity contribution in [2.45, 2.75) is 31.6 Å². The molecule has 0 N–H and O–H groups in total. The van der Waals surface area contributed by atoms with Crippen LogP contribution in [0.15, 0.2) is 18.2 Å².